The van der Waals surface area contributed by atoms with Gasteiger partial charge in [-0.1, -0.05) is 6.07 Å². The van der Waals surface area contributed by atoms with Crippen molar-refractivity contribution in [2.75, 3.05) is 6.54 Å². The zero-order chi connectivity index (χ0) is 17.2. The zero-order valence-electron chi connectivity index (χ0n) is 13.8. The number of likely N-dealkylation sites (tertiary alicyclic amines) is 1. The summed E-state index contributed by atoms with van der Waals surface area (Å²) in [5.74, 6) is -0.658. The number of hydrogen-bond donors (Lipinski definition) is 1. The highest BCUT2D eigenvalue weighted by atomic mass is 16.6. The SMILES string of the molecule is Cc1ccc(O[C@H]2CC(C(=O)O)N(C(=O)OC(C)(C)C)C2)nc1. The Morgan fingerprint density at radius 2 is 2.04 bits per heavy atom. The van der Waals surface area contributed by atoms with Crippen LogP contribution in [0, 0.1) is 6.92 Å². The summed E-state index contributed by atoms with van der Waals surface area (Å²) in [5, 5.41) is 9.33. The number of amides is 1. The molecule has 7 nitrogen and oxygen atoms in total. The summed E-state index contributed by atoms with van der Waals surface area (Å²) in [6.45, 7) is 7.28. The summed E-state index contributed by atoms with van der Waals surface area (Å²) in [5.41, 5.74) is 0.319. The fourth-order valence-electron chi connectivity index (χ4n) is 2.33. The summed E-state index contributed by atoms with van der Waals surface area (Å²) >= 11 is 0. The van der Waals surface area contributed by atoms with E-state index in [1.807, 2.05) is 13.0 Å². The lowest BCUT2D eigenvalue weighted by molar-refractivity contribution is -0.142. The molecule has 1 fully saturated rings. The average molecular weight is 322 g/mol. The van der Waals surface area contributed by atoms with Gasteiger partial charge >= 0.3 is 12.1 Å². The molecule has 0 saturated carbocycles. The lowest BCUT2D eigenvalue weighted by Crippen LogP contribution is -2.43. The second-order valence-electron chi connectivity index (χ2n) is 6.64. The third-order valence-electron chi connectivity index (χ3n) is 3.35. The molecule has 1 unspecified atom stereocenters. The summed E-state index contributed by atoms with van der Waals surface area (Å²) in [6.07, 6.45) is 0.793. The van der Waals surface area contributed by atoms with E-state index in [0.717, 1.165) is 5.56 Å². The fraction of sp³-hybridized carbons (Fsp3) is 0.562. The Labute approximate surface area is 135 Å². The minimum absolute atomic E-state index is 0.154. The molecule has 0 aromatic carbocycles. The summed E-state index contributed by atoms with van der Waals surface area (Å²) in [6, 6.07) is 2.62. The Morgan fingerprint density at radius 3 is 2.57 bits per heavy atom. The Balaban J connectivity index is 2.06. The molecular weight excluding hydrogens is 300 g/mol. The van der Waals surface area contributed by atoms with Gasteiger partial charge in [-0.05, 0) is 33.3 Å². The maximum Gasteiger partial charge on any atom is 0.411 e. The van der Waals surface area contributed by atoms with E-state index in [2.05, 4.69) is 4.98 Å². The van der Waals surface area contributed by atoms with Crippen molar-refractivity contribution >= 4 is 12.1 Å². The van der Waals surface area contributed by atoms with E-state index in [1.54, 1.807) is 33.0 Å². The van der Waals surface area contributed by atoms with Crippen LogP contribution in [0.5, 0.6) is 5.88 Å². The number of carbonyl (C=O) groups excluding carboxylic acids is 1. The van der Waals surface area contributed by atoms with Crippen LogP contribution in [-0.2, 0) is 9.53 Å². The van der Waals surface area contributed by atoms with Gasteiger partial charge < -0.3 is 14.6 Å². The second-order valence-corrected chi connectivity index (χ2v) is 6.64. The summed E-state index contributed by atoms with van der Waals surface area (Å²) < 4.78 is 11.0. The molecule has 0 aliphatic carbocycles. The van der Waals surface area contributed by atoms with Gasteiger partial charge in [-0.3, -0.25) is 4.90 Å². The quantitative estimate of drug-likeness (QED) is 0.918. The van der Waals surface area contributed by atoms with Crippen LogP contribution in [0.1, 0.15) is 32.8 Å². The fourth-order valence-corrected chi connectivity index (χ4v) is 2.33. The Kier molecular flexibility index (Phi) is 4.77. The number of aryl methyl sites for hydroxylation is 1. The lowest BCUT2D eigenvalue weighted by atomic mass is 10.2. The second kappa shape index (κ2) is 6.44. The molecule has 1 aromatic rings. The van der Waals surface area contributed by atoms with Gasteiger partial charge in [0.1, 0.15) is 17.7 Å². The van der Waals surface area contributed by atoms with Gasteiger partial charge in [0, 0.05) is 18.7 Å². The topological polar surface area (TPSA) is 89.0 Å². The highest BCUT2D eigenvalue weighted by Crippen LogP contribution is 2.24. The molecule has 1 amide bonds. The van der Waals surface area contributed by atoms with Crippen molar-refractivity contribution < 1.29 is 24.2 Å². The molecule has 1 aromatic heterocycles. The first-order chi connectivity index (χ1) is 10.7. The number of rotatable bonds is 3. The monoisotopic (exact) mass is 322 g/mol. The minimum atomic E-state index is -1.07. The number of aromatic nitrogens is 1. The molecule has 23 heavy (non-hydrogen) atoms. The molecule has 0 bridgehead atoms. The van der Waals surface area contributed by atoms with Gasteiger partial charge in [0.15, 0.2) is 0 Å². The Hall–Kier alpha value is -2.31. The first kappa shape index (κ1) is 17.1. The van der Waals surface area contributed by atoms with Crippen LogP contribution in [-0.4, -0.2) is 51.3 Å². The maximum atomic E-state index is 12.2. The largest absolute Gasteiger partial charge is 0.480 e. The van der Waals surface area contributed by atoms with Crippen molar-refractivity contribution in [3.63, 3.8) is 0 Å². The normalized spacial score (nSPS) is 21.1. The van der Waals surface area contributed by atoms with Gasteiger partial charge in [-0.2, -0.15) is 0 Å². The third kappa shape index (κ3) is 4.58. The smallest absolute Gasteiger partial charge is 0.411 e. The van der Waals surface area contributed by atoms with Crippen LogP contribution in [0.2, 0.25) is 0 Å². The van der Waals surface area contributed by atoms with Crippen molar-refractivity contribution in [2.45, 2.75) is 51.9 Å². The van der Waals surface area contributed by atoms with Crippen LogP contribution in [0.3, 0.4) is 0 Å². The van der Waals surface area contributed by atoms with Crippen molar-refractivity contribution in [1.29, 1.82) is 0 Å². The molecule has 7 heteroatoms. The van der Waals surface area contributed by atoms with E-state index in [0.29, 0.717) is 5.88 Å². The number of ether oxygens (including phenoxy) is 2. The van der Waals surface area contributed by atoms with Crippen LogP contribution < -0.4 is 4.74 Å². The highest BCUT2D eigenvalue weighted by molar-refractivity contribution is 5.81. The molecule has 1 N–H and O–H groups in total. The van der Waals surface area contributed by atoms with E-state index in [-0.39, 0.29) is 13.0 Å². The molecule has 1 aliphatic heterocycles. The van der Waals surface area contributed by atoms with Gasteiger partial charge in [0.05, 0.1) is 6.54 Å². The average Bonchev–Trinajstić information content (AvgIpc) is 2.84. The Bertz CT molecular complexity index is 579. The number of hydrogen-bond acceptors (Lipinski definition) is 5. The predicted octanol–water partition coefficient (Wildman–Crippen LogP) is 2.23. The van der Waals surface area contributed by atoms with Gasteiger partial charge in [-0.15, -0.1) is 0 Å². The summed E-state index contributed by atoms with van der Waals surface area (Å²) in [7, 11) is 0. The summed E-state index contributed by atoms with van der Waals surface area (Å²) in [4.78, 5) is 28.9. The molecule has 0 spiro atoms. The predicted molar refractivity (Wildman–Crippen MR) is 82.4 cm³/mol. The van der Waals surface area contributed by atoms with Crippen LogP contribution in [0.15, 0.2) is 18.3 Å². The number of carbonyl (C=O) groups is 2. The lowest BCUT2D eigenvalue weighted by Gasteiger charge is -2.26. The first-order valence-electron chi connectivity index (χ1n) is 7.47. The number of pyridine rings is 1. The van der Waals surface area contributed by atoms with Crippen molar-refractivity contribution in [2.24, 2.45) is 0 Å². The molecule has 2 atom stereocenters. The highest BCUT2D eigenvalue weighted by Gasteiger charge is 2.42. The molecule has 0 radical (unpaired) electrons. The molecule has 2 rings (SSSR count). The van der Waals surface area contributed by atoms with Gasteiger partial charge in [-0.25, -0.2) is 14.6 Å². The van der Waals surface area contributed by atoms with Crippen molar-refractivity contribution in [3.05, 3.63) is 23.9 Å². The standard InChI is InChI=1S/C16H22N2O5/c1-10-5-6-13(17-8-10)22-11-7-12(14(19)20)18(9-11)15(21)23-16(2,3)4/h5-6,8,11-12H,7,9H2,1-4H3,(H,19,20)/t11-,12?/m0/s1. The van der Waals surface area contributed by atoms with E-state index in [9.17, 15) is 14.7 Å². The van der Waals surface area contributed by atoms with Gasteiger partial charge in [0.25, 0.3) is 0 Å². The van der Waals surface area contributed by atoms with E-state index in [4.69, 9.17) is 9.47 Å². The zero-order valence-corrected chi connectivity index (χ0v) is 13.8. The minimum Gasteiger partial charge on any atom is -0.480 e. The van der Waals surface area contributed by atoms with E-state index >= 15 is 0 Å². The first-order valence-corrected chi connectivity index (χ1v) is 7.47. The van der Waals surface area contributed by atoms with Gasteiger partial charge in [0.2, 0.25) is 5.88 Å². The molecular formula is C16H22N2O5. The van der Waals surface area contributed by atoms with Crippen molar-refractivity contribution in [3.8, 4) is 5.88 Å². The van der Waals surface area contributed by atoms with Crippen LogP contribution in [0.4, 0.5) is 4.79 Å². The van der Waals surface area contributed by atoms with Crippen LogP contribution in [0.25, 0.3) is 0 Å². The van der Waals surface area contributed by atoms with E-state index < -0.39 is 29.8 Å². The number of carboxylic acids is 1. The number of carboxylic acid groups (broad SMARTS) is 1. The number of aliphatic carboxylic acids is 1. The molecule has 126 valence electrons. The maximum absolute atomic E-state index is 12.2. The third-order valence-corrected chi connectivity index (χ3v) is 3.35. The van der Waals surface area contributed by atoms with Crippen molar-refractivity contribution in [1.82, 2.24) is 9.88 Å². The Morgan fingerprint density at radius 1 is 1.35 bits per heavy atom. The van der Waals surface area contributed by atoms with E-state index in [1.165, 1.54) is 4.90 Å². The molecule has 2 heterocycles. The molecule has 1 saturated heterocycles. The number of nitrogens with zero attached hydrogens (tertiary/aromatic N) is 2. The molecule has 1 aliphatic rings. The van der Waals surface area contributed by atoms with Crippen LogP contribution >= 0.6 is 0 Å².